The number of nitrogens with one attached hydrogen (secondary N) is 4. The Morgan fingerprint density at radius 2 is 1.75 bits per heavy atom. The number of benzene rings is 3. The van der Waals surface area contributed by atoms with E-state index in [2.05, 4.69) is 51.8 Å². The first kappa shape index (κ1) is 43.4. The summed E-state index contributed by atoms with van der Waals surface area (Å²) in [5.41, 5.74) is 6.35. The molecule has 334 valence electrons. The summed E-state index contributed by atoms with van der Waals surface area (Å²) < 4.78 is 22.1. The highest BCUT2D eigenvalue weighted by Crippen LogP contribution is 2.44. The summed E-state index contributed by atoms with van der Waals surface area (Å²) in [4.78, 5) is 72.3. The van der Waals surface area contributed by atoms with Gasteiger partial charge < -0.3 is 54.5 Å². The molecule has 5 heterocycles. The van der Waals surface area contributed by atoms with E-state index in [-0.39, 0.29) is 35.7 Å². The van der Waals surface area contributed by atoms with Crippen LogP contribution in [0.15, 0.2) is 48.7 Å². The molecular weight excluding hydrogens is 809 g/mol. The topological polar surface area (TPSA) is 213 Å². The van der Waals surface area contributed by atoms with Crippen LogP contribution in [0.4, 0.5) is 9.59 Å². The Balaban J connectivity index is 1.06. The van der Waals surface area contributed by atoms with Crippen LogP contribution in [-0.4, -0.2) is 118 Å². The van der Waals surface area contributed by atoms with Gasteiger partial charge in [-0.3, -0.25) is 9.59 Å². The fraction of sp³-hybridized carbons (Fsp3) is 0.478. The van der Waals surface area contributed by atoms with Gasteiger partial charge in [-0.2, -0.15) is 0 Å². The van der Waals surface area contributed by atoms with Gasteiger partial charge in [0.05, 0.1) is 54.8 Å². The summed E-state index contributed by atoms with van der Waals surface area (Å²) in [5.74, 6) is 1.40. The van der Waals surface area contributed by atoms with Crippen molar-refractivity contribution in [2.24, 2.45) is 11.8 Å². The van der Waals surface area contributed by atoms with Gasteiger partial charge in [-0.1, -0.05) is 39.0 Å². The van der Waals surface area contributed by atoms with Gasteiger partial charge in [-0.25, -0.2) is 19.6 Å². The molecule has 0 bridgehead atoms. The van der Waals surface area contributed by atoms with Crippen LogP contribution in [-0.2, 0) is 30.4 Å². The van der Waals surface area contributed by atoms with Gasteiger partial charge in [0.25, 0.3) is 0 Å². The first-order chi connectivity index (χ1) is 30.3. The molecule has 0 spiro atoms. The molecule has 4 amide bonds. The highest BCUT2D eigenvalue weighted by molar-refractivity contribution is 6.07. The second kappa shape index (κ2) is 17.9. The number of alkyl carbamates (subject to hydrolysis) is 1. The number of hydrogen-bond acceptors (Lipinski definition) is 10. The van der Waals surface area contributed by atoms with Gasteiger partial charge in [0.2, 0.25) is 11.8 Å². The van der Waals surface area contributed by atoms with Gasteiger partial charge >= 0.3 is 12.2 Å². The number of nitrogens with zero attached hydrogens (tertiary/aromatic N) is 4. The summed E-state index contributed by atoms with van der Waals surface area (Å²) in [6.45, 7) is 8.72. The number of carbonyl (C=O) groups is 4. The molecule has 63 heavy (non-hydrogen) atoms. The standard InChI is InChI=1S/C46H56N8O9/c1-8-29-11-14-35(54(29)44(56)38(23(2)3)52-46(59)62-7)41-47-19-34(49-41)27-9-12-30-28(16-27)22-63-37-18-31-26(17-32(30)37)10-13-33-40(31)50-42(48-33)36-15-25(21-60-5)20-53(36)43(55)39(24(4)61-6)51-45(57)58/h9-10,12-13,16-19,23-25,29,35-36,38-39,51H,8,11,14-15,20-22H2,1-7H3,(H,47,49)(H,48,50)(H,52,59)(H,57,58)/t24?,25-,29-,35-,36-,38?,39?/m0/s1. The Morgan fingerprint density at radius 3 is 2.46 bits per heavy atom. The summed E-state index contributed by atoms with van der Waals surface area (Å²) in [6.07, 6.45) is 2.13. The van der Waals surface area contributed by atoms with E-state index in [1.165, 1.54) is 14.2 Å². The van der Waals surface area contributed by atoms with Crippen LogP contribution < -0.4 is 15.4 Å². The van der Waals surface area contributed by atoms with E-state index in [9.17, 15) is 24.3 Å². The van der Waals surface area contributed by atoms with Crippen LogP contribution in [0.2, 0.25) is 0 Å². The zero-order valence-electron chi connectivity index (χ0n) is 36.7. The second-order valence-electron chi connectivity index (χ2n) is 17.2. The molecule has 5 aromatic rings. The molecule has 2 fully saturated rings. The minimum atomic E-state index is -1.31. The number of aromatic amines is 2. The number of imidazole rings is 2. The number of likely N-dealkylation sites (tertiary alicyclic amines) is 2. The molecule has 17 nitrogen and oxygen atoms in total. The van der Waals surface area contributed by atoms with Crippen LogP contribution in [0.25, 0.3) is 44.2 Å². The molecular formula is C46H56N8O9. The van der Waals surface area contributed by atoms with Gasteiger partial charge in [0.15, 0.2) is 0 Å². The Morgan fingerprint density at radius 1 is 0.937 bits per heavy atom. The predicted molar refractivity (Wildman–Crippen MR) is 234 cm³/mol. The highest BCUT2D eigenvalue weighted by atomic mass is 16.5. The molecule has 8 rings (SSSR count). The molecule has 0 radical (unpaired) electrons. The van der Waals surface area contributed by atoms with Crippen LogP contribution >= 0.6 is 0 Å². The van der Waals surface area contributed by atoms with Crippen molar-refractivity contribution in [1.82, 2.24) is 40.4 Å². The fourth-order valence-electron chi connectivity index (χ4n) is 9.64. The first-order valence-electron chi connectivity index (χ1n) is 21.6. The van der Waals surface area contributed by atoms with Crippen molar-refractivity contribution in [2.45, 2.75) is 96.3 Å². The van der Waals surface area contributed by atoms with E-state index in [0.717, 1.165) is 74.8 Å². The summed E-state index contributed by atoms with van der Waals surface area (Å²) in [6, 6.07) is 11.9. The van der Waals surface area contributed by atoms with Crippen molar-refractivity contribution in [3.05, 3.63) is 65.9 Å². The third kappa shape index (κ3) is 8.26. The molecule has 0 aliphatic carbocycles. The molecule has 3 aromatic carbocycles. The SMILES string of the molecule is CC[C@H]1CC[C@@H](c2ncc(-c3ccc4c(c3)COc3cc5c(ccc6[nH]c([C@@H]7C[C@H](COC)CN7C(=O)C(NC(=O)O)C(C)OC)nc65)cc3-4)[nH]2)N1C(=O)C(NC(=O)OC)C(C)C. The fourth-order valence-corrected chi connectivity index (χ4v) is 9.64. The molecule has 17 heteroatoms. The van der Waals surface area contributed by atoms with E-state index in [1.54, 1.807) is 18.9 Å². The number of methoxy groups -OCH3 is 3. The van der Waals surface area contributed by atoms with E-state index in [0.29, 0.717) is 37.8 Å². The van der Waals surface area contributed by atoms with Gasteiger partial charge in [0, 0.05) is 43.7 Å². The monoisotopic (exact) mass is 864 g/mol. The maximum Gasteiger partial charge on any atom is 0.407 e. The van der Waals surface area contributed by atoms with E-state index >= 15 is 0 Å². The lowest BCUT2D eigenvalue weighted by Gasteiger charge is -2.34. The molecule has 5 N–H and O–H groups in total. The Kier molecular flexibility index (Phi) is 12.3. The summed E-state index contributed by atoms with van der Waals surface area (Å²) >= 11 is 0. The Labute approximate surface area is 365 Å². The molecule has 0 saturated carbocycles. The third-order valence-corrected chi connectivity index (χ3v) is 13.0. The van der Waals surface area contributed by atoms with Crippen molar-refractivity contribution in [1.29, 1.82) is 0 Å². The maximum absolute atomic E-state index is 14.0. The minimum Gasteiger partial charge on any atom is -0.488 e. The number of carboxylic acid groups (broad SMARTS) is 1. The van der Waals surface area contributed by atoms with Crippen LogP contribution in [0, 0.1) is 11.8 Å². The molecule has 3 aliphatic rings. The van der Waals surface area contributed by atoms with Crippen molar-refractivity contribution in [3.8, 4) is 28.1 Å². The van der Waals surface area contributed by atoms with Crippen molar-refractivity contribution < 1.29 is 43.2 Å². The van der Waals surface area contributed by atoms with Crippen molar-refractivity contribution in [3.63, 3.8) is 0 Å². The lowest BCUT2D eigenvalue weighted by molar-refractivity contribution is -0.138. The van der Waals surface area contributed by atoms with Crippen molar-refractivity contribution >= 4 is 45.8 Å². The quantitative estimate of drug-likeness (QED) is 0.0841. The number of H-pyrrole nitrogens is 2. The smallest absolute Gasteiger partial charge is 0.407 e. The average molecular weight is 865 g/mol. The largest absolute Gasteiger partial charge is 0.488 e. The number of fused-ring (bicyclic) bond motifs is 6. The summed E-state index contributed by atoms with van der Waals surface area (Å²) in [5, 5.41) is 16.5. The van der Waals surface area contributed by atoms with E-state index in [4.69, 9.17) is 28.9 Å². The highest BCUT2D eigenvalue weighted by Gasteiger charge is 2.44. The number of rotatable bonds is 13. The average Bonchev–Trinajstić information content (AvgIpc) is 4.11. The number of carbonyl (C=O) groups excluding carboxylic acids is 3. The minimum absolute atomic E-state index is 0.0233. The number of hydrogen-bond donors (Lipinski definition) is 5. The Hall–Kier alpha value is -6.20. The zero-order valence-corrected chi connectivity index (χ0v) is 36.7. The van der Waals surface area contributed by atoms with Gasteiger partial charge in [-0.15, -0.1) is 0 Å². The molecule has 7 atom stereocenters. The zero-order chi connectivity index (χ0) is 44.7. The summed E-state index contributed by atoms with van der Waals surface area (Å²) in [7, 11) is 4.36. The second-order valence-corrected chi connectivity index (χ2v) is 17.2. The number of aromatic nitrogens is 4. The van der Waals surface area contributed by atoms with Crippen LogP contribution in [0.3, 0.4) is 0 Å². The van der Waals surface area contributed by atoms with Crippen LogP contribution in [0.1, 0.15) is 82.7 Å². The third-order valence-electron chi connectivity index (χ3n) is 13.0. The molecule has 2 saturated heterocycles. The first-order valence-corrected chi connectivity index (χ1v) is 21.6. The number of ether oxygens (including phenoxy) is 4. The normalized spacial score (nSPS) is 20.9. The van der Waals surface area contributed by atoms with E-state index in [1.807, 2.05) is 43.1 Å². The molecule has 3 aliphatic heterocycles. The predicted octanol–water partition coefficient (Wildman–Crippen LogP) is 6.70. The lowest BCUT2D eigenvalue weighted by atomic mass is 9.92. The Bertz CT molecular complexity index is 2540. The number of amides is 4. The van der Waals surface area contributed by atoms with E-state index < -0.39 is 36.4 Å². The van der Waals surface area contributed by atoms with Gasteiger partial charge in [0.1, 0.15) is 36.1 Å². The van der Waals surface area contributed by atoms with Crippen LogP contribution in [0.5, 0.6) is 5.75 Å². The molecule has 2 aromatic heterocycles. The maximum atomic E-state index is 14.0. The van der Waals surface area contributed by atoms with Crippen molar-refractivity contribution in [2.75, 3.05) is 34.5 Å². The van der Waals surface area contributed by atoms with Gasteiger partial charge in [-0.05, 0) is 84.9 Å². The lowest BCUT2D eigenvalue weighted by Crippen LogP contribution is -2.54. The molecule has 3 unspecified atom stereocenters.